The molecule has 84 valence electrons. The van der Waals surface area contributed by atoms with Gasteiger partial charge in [0.05, 0.1) is 0 Å². The lowest BCUT2D eigenvalue weighted by molar-refractivity contribution is 0.146. The predicted molar refractivity (Wildman–Crippen MR) is 50.5 cm³/mol. The normalized spacial score (nSPS) is 16.2. The predicted octanol–water partition coefficient (Wildman–Crippen LogP) is 1.23. The highest BCUT2D eigenvalue weighted by molar-refractivity contribution is 5.29. The highest BCUT2D eigenvalue weighted by atomic mass is 19.3. The summed E-state index contributed by atoms with van der Waals surface area (Å²) in [6, 6.07) is 0.826. The number of hydrogen-bond donors (Lipinski definition) is 1. The van der Waals surface area contributed by atoms with Crippen molar-refractivity contribution in [2.45, 2.75) is 25.2 Å². The van der Waals surface area contributed by atoms with Crippen LogP contribution >= 0.6 is 0 Å². The van der Waals surface area contributed by atoms with E-state index in [0.717, 1.165) is 23.4 Å². The highest BCUT2D eigenvalue weighted by Gasteiger charge is 2.27. The van der Waals surface area contributed by atoms with E-state index in [0.29, 0.717) is 11.7 Å². The van der Waals surface area contributed by atoms with Gasteiger partial charge in [0.1, 0.15) is 11.5 Å². The van der Waals surface area contributed by atoms with Gasteiger partial charge in [0.2, 0.25) is 0 Å². The molecule has 2 aromatic heterocycles. The van der Waals surface area contributed by atoms with E-state index >= 15 is 0 Å². The lowest BCUT2D eigenvalue weighted by Crippen LogP contribution is -2.15. The fourth-order valence-electron chi connectivity index (χ4n) is 1.57. The largest absolute Gasteiger partial charge is 0.280 e. The molecule has 2 heterocycles. The number of H-pyrrole nitrogens is 1. The number of aromatic nitrogens is 4. The van der Waals surface area contributed by atoms with E-state index < -0.39 is 17.7 Å². The minimum atomic E-state index is -2.75. The van der Waals surface area contributed by atoms with Gasteiger partial charge < -0.3 is 0 Å². The van der Waals surface area contributed by atoms with Gasteiger partial charge in [-0.15, -0.1) is 0 Å². The summed E-state index contributed by atoms with van der Waals surface area (Å²) >= 11 is 0. The summed E-state index contributed by atoms with van der Waals surface area (Å²) < 4.78 is 25.9. The van der Waals surface area contributed by atoms with Crippen LogP contribution in [0.15, 0.2) is 10.9 Å². The Labute approximate surface area is 88.1 Å². The smallest absolute Gasteiger partial charge is 0.275 e. The molecule has 3 rings (SSSR count). The fraction of sp³-hybridized carbons (Fsp3) is 0.444. The first-order valence-electron chi connectivity index (χ1n) is 4.93. The summed E-state index contributed by atoms with van der Waals surface area (Å²) in [6.07, 6.45) is -0.731. The van der Waals surface area contributed by atoms with Crippen LogP contribution in [-0.2, 0) is 0 Å². The third-order valence-electron chi connectivity index (χ3n) is 2.56. The zero-order valence-corrected chi connectivity index (χ0v) is 8.15. The molecule has 0 radical (unpaired) electrons. The molecular formula is C9H8F2N4O. The molecule has 0 aromatic carbocycles. The Morgan fingerprint density at radius 3 is 2.81 bits per heavy atom. The number of aromatic amines is 1. The van der Waals surface area contributed by atoms with Gasteiger partial charge in [0.15, 0.2) is 0 Å². The quantitative estimate of drug-likeness (QED) is 0.837. The maximum Gasteiger partial charge on any atom is 0.280 e. The van der Waals surface area contributed by atoms with Gasteiger partial charge in [-0.3, -0.25) is 9.89 Å². The second kappa shape index (κ2) is 3.10. The number of hydrogen-bond acceptors (Lipinski definition) is 3. The van der Waals surface area contributed by atoms with Crippen LogP contribution in [0.1, 0.15) is 36.7 Å². The molecule has 1 N–H and O–H groups in total. The first kappa shape index (κ1) is 9.44. The van der Waals surface area contributed by atoms with Crippen molar-refractivity contribution in [1.29, 1.82) is 0 Å². The summed E-state index contributed by atoms with van der Waals surface area (Å²) in [5, 5.41) is 2.78. The van der Waals surface area contributed by atoms with Gasteiger partial charge in [0, 0.05) is 12.0 Å². The van der Waals surface area contributed by atoms with E-state index in [2.05, 4.69) is 15.1 Å². The van der Waals surface area contributed by atoms with Crippen molar-refractivity contribution in [3.63, 3.8) is 0 Å². The van der Waals surface area contributed by atoms with Crippen LogP contribution < -0.4 is 5.56 Å². The summed E-state index contributed by atoms with van der Waals surface area (Å²) in [6.45, 7) is 0. The lowest BCUT2D eigenvalue weighted by atomic mass is 10.4. The number of alkyl halides is 2. The zero-order valence-electron chi connectivity index (χ0n) is 8.15. The molecule has 1 aliphatic rings. The van der Waals surface area contributed by atoms with Crippen molar-refractivity contribution < 1.29 is 8.78 Å². The molecule has 0 spiro atoms. The zero-order chi connectivity index (χ0) is 11.3. The van der Waals surface area contributed by atoms with Gasteiger partial charge in [-0.2, -0.15) is 9.50 Å². The van der Waals surface area contributed by atoms with Crippen molar-refractivity contribution in [1.82, 2.24) is 19.6 Å². The Kier molecular flexibility index (Phi) is 1.83. The highest BCUT2D eigenvalue weighted by Crippen LogP contribution is 2.37. The van der Waals surface area contributed by atoms with Gasteiger partial charge >= 0.3 is 0 Å². The van der Waals surface area contributed by atoms with E-state index in [1.807, 2.05) is 0 Å². The Balaban J connectivity index is 2.21. The Morgan fingerprint density at radius 2 is 2.19 bits per heavy atom. The molecule has 2 aromatic rings. The molecule has 5 nitrogen and oxygen atoms in total. The summed E-state index contributed by atoms with van der Waals surface area (Å²) in [4.78, 5) is 19.2. The summed E-state index contributed by atoms with van der Waals surface area (Å²) in [5.74, 6) is 0.983. The van der Waals surface area contributed by atoms with Crippen molar-refractivity contribution in [3.8, 4) is 0 Å². The topological polar surface area (TPSA) is 63.0 Å². The molecule has 0 saturated heterocycles. The van der Waals surface area contributed by atoms with Crippen LogP contribution in [0.2, 0.25) is 0 Å². The van der Waals surface area contributed by atoms with Crippen LogP contribution in [0.4, 0.5) is 8.78 Å². The molecule has 7 heteroatoms. The molecular weight excluding hydrogens is 218 g/mol. The van der Waals surface area contributed by atoms with E-state index in [9.17, 15) is 13.6 Å². The Morgan fingerprint density at radius 1 is 1.44 bits per heavy atom. The average molecular weight is 226 g/mol. The van der Waals surface area contributed by atoms with Gasteiger partial charge in [-0.25, -0.2) is 13.8 Å². The minimum absolute atomic E-state index is 0.0182. The van der Waals surface area contributed by atoms with Crippen LogP contribution in [0.3, 0.4) is 0 Å². The average Bonchev–Trinajstić information content (AvgIpc) is 2.98. The van der Waals surface area contributed by atoms with Crippen LogP contribution in [-0.4, -0.2) is 19.6 Å². The minimum Gasteiger partial charge on any atom is -0.275 e. The molecule has 0 atom stereocenters. The molecule has 1 aliphatic carbocycles. The number of nitrogens with zero attached hydrogens (tertiary/aromatic N) is 3. The van der Waals surface area contributed by atoms with Gasteiger partial charge in [-0.05, 0) is 12.8 Å². The molecule has 0 aliphatic heterocycles. The van der Waals surface area contributed by atoms with E-state index in [1.54, 1.807) is 0 Å². The maximum atomic E-state index is 12.4. The standard InChI is InChI=1S/C9H8F2N4O/c10-7(11)5-3-6(16)15-9(12-5)13-8(14-15)4-1-2-4/h3-4,7H,1-2H2,(H,12,13,14). The third-order valence-corrected chi connectivity index (χ3v) is 2.56. The molecule has 0 amide bonds. The summed E-state index contributed by atoms with van der Waals surface area (Å²) in [7, 11) is 0. The van der Waals surface area contributed by atoms with Crippen LogP contribution in [0, 0.1) is 0 Å². The monoisotopic (exact) mass is 226 g/mol. The summed E-state index contributed by atoms with van der Waals surface area (Å²) in [5.41, 5.74) is -1.08. The van der Waals surface area contributed by atoms with Crippen molar-refractivity contribution in [2.24, 2.45) is 0 Å². The van der Waals surface area contributed by atoms with E-state index in [-0.39, 0.29) is 5.78 Å². The van der Waals surface area contributed by atoms with E-state index in [1.165, 1.54) is 0 Å². The third kappa shape index (κ3) is 1.39. The molecule has 1 saturated carbocycles. The van der Waals surface area contributed by atoms with Gasteiger partial charge in [0.25, 0.3) is 17.8 Å². The van der Waals surface area contributed by atoms with Crippen molar-refractivity contribution in [2.75, 3.05) is 0 Å². The fourth-order valence-corrected chi connectivity index (χ4v) is 1.57. The van der Waals surface area contributed by atoms with E-state index in [4.69, 9.17) is 0 Å². The van der Waals surface area contributed by atoms with Crippen molar-refractivity contribution >= 4 is 5.78 Å². The second-order valence-electron chi connectivity index (χ2n) is 3.84. The molecule has 16 heavy (non-hydrogen) atoms. The SMILES string of the molecule is O=c1cc(C(F)F)nc2nc(C3CC3)[nH]n12. The number of rotatable bonds is 2. The number of nitrogens with one attached hydrogen (secondary N) is 1. The molecule has 0 bridgehead atoms. The molecule has 1 fully saturated rings. The second-order valence-corrected chi connectivity index (χ2v) is 3.84. The molecule has 0 unspecified atom stereocenters. The van der Waals surface area contributed by atoms with Crippen molar-refractivity contribution in [3.05, 3.63) is 27.9 Å². The Hall–Kier alpha value is -1.79. The first-order valence-corrected chi connectivity index (χ1v) is 4.93. The maximum absolute atomic E-state index is 12.4. The van der Waals surface area contributed by atoms with Gasteiger partial charge in [-0.1, -0.05) is 0 Å². The van der Waals surface area contributed by atoms with Crippen LogP contribution in [0.5, 0.6) is 0 Å². The van der Waals surface area contributed by atoms with Crippen LogP contribution in [0.25, 0.3) is 5.78 Å². The lowest BCUT2D eigenvalue weighted by Gasteiger charge is -1.96. The Bertz CT molecular complexity index is 599. The number of halogens is 2. The first-order chi connectivity index (χ1) is 7.65. The number of fused-ring (bicyclic) bond motifs is 1.